The van der Waals surface area contributed by atoms with Gasteiger partial charge in [0, 0.05) is 24.5 Å². The highest BCUT2D eigenvalue weighted by Gasteiger charge is 2.14. The van der Waals surface area contributed by atoms with Gasteiger partial charge in [-0.15, -0.1) is 0 Å². The van der Waals surface area contributed by atoms with E-state index in [1.165, 1.54) is 6.20 Å². The third-order valence-electron chi connectivity index (χ3n) is 5.02. The molecular formula is C24H21N3O3. The smallest absolute Gasteiger partial charge is 0.257 e. The normalized spacial score (nSPS) is 10.7. The number of H-pyrrole nitrogens is 1. The predicted octanol–water partition coefficient (Wildman–Crippen LogP) is 3.84. The third-order valence-corrected chi connectivity index (χ3v) is 5.02. The quantitative estimate of drug-likeness (QED) is 0.534. The topological polar surface area (TPSA) is 84.1 Å². The molecule has 0 aliphatic heterocycles. The van der Waals surface area contributed by atoms with E-state index in [1.807, 2.05) is 55.5 Å². The number of carbonyl (C=O) groups is 1. The van der Waals surface area contributed by atoms with Gasteiger partial charge < -0.3 is 15.0 Å². The van der Waals surface area contributed by atoms with Crippen LogP contribution in [0.5, 0.6) is 5.75 Å². The van der Waals surface area contributed by atoms with Crippen LogP contribution in [0.4, 0.5) is 0 Å². The van der Waals surface area contributed by atoms with Gasteiger partial charge >= 0.3 is 0 Å². The molecule has 0 saturated heterocycles. The van der Waals surface area contributed by atoms with Crippen LogP contribution in [-0.4, -0.2) is 23.0 Å². The van der Waals surface area contributed by atoms with Gasteiger partial charge in [0.2, 0.25) is 5.43 Å². The minimum absolute atomic E-state index is 0.0501. The average molecular weight is 399 g/mol. The van der Waals surface area contributed by atoms with Crippen molar-refractivity contribution in [1.29, 1.82) is 0 Å². The standard InChI is InChI=1S/C24H21N3O3/c1-15-6-3-4-9-19(15)17-11-20-22(28)21(14-26-23(20)25-13-17)24(29)27-12-16-7-5-8-18(10-16)30-2/h3-11,13-14H,12H2,1-2H3,(H,27,29)(H,25,26,28). The first kappa shape index (κ1) is 19.4. The molecule has 2 heterocycles. The van der Waals surface area contributed by atoms with E-state index in [1.54, 1.807) is 19.4 Å². The summed E-state index contributed by atoms with van der Waals surface area (Å²) in [7, 11) is 1.59. The van der Waals surface area contributed by atoms with E-state index in [0.717, 1.165) is 22.3 Å². The van der Waals surface area contributed by atoms with E-state index < -0.39 is 5.91 Å². The minimum atomic E-state index is -0.442. The molecule has 0 unspecified atom stereocenters. The van der Waals surface area contributed by atoms with Crippen molar-refractivity contribution < 1.29 is 9.53 Å². The summed E-state index contributed by atoms with van der Waals surface area (Å²) in [5.74, 6) is 0.266. The molecule has 30 heavy (non-hydrogen) atoms. The number of fused-ring (bicyclic) bond motifs is 1. The number of hydrogen-bond donors (Lipinski definition) is 2. The van der Waals surface area contributed by atoms with Crippen LogP contribution in [0.15, 0.2) is 71.8 Å². The minimum Gasteiger partial charge on any atom is -0.497 e. The Labute approximate surface area is 173 Å². The molecular weight excluding hydrogens is 378 g/mol. The molecule has 150 valence electrons. The Bertz CT molecular complexity index is 1290. The van der Waals surface area contributed by atoms with Crippen LogP contribution in [0, 0.1) is 6.92 Å². The summed E-state index contributed by atoms with van der Waals surface area (Å²) < 4.78 is 5.19. The zero-order valence-electron chi connectivity index (χ0n) is 16.7. The van der Waals surface area contributed by atoms with Crippen molar-refractivity contribution in [2.24, 2.45) is 0 Å². The number of ether oxygens (including phenoxy) is 1. The van der Waals surface area contributed by atoms with Crippen molar-refractivity contribution in [2.75, 3.05) is 7.11 Å². The van der Waals surface area contributed by atoms with Crippen LogP contribution in [0.25, 0.3) is 22.2 Å². The summed E-state index contributed by atoms with van der Waals surface area (Å²) in [6.45, 7) is 2.29. The summed E-state index contributed by atoms with van der Waals surface area (Å²) in [5.41, 5.74) is 3.94. The Morgan fingerprint density at radius 3 is 2.77 bits per heavy atom. The van der Waals surface area contributed by atoms with Crippen LogP contribution < -0.4 is 15.5 Å². The zero-order valence-corrected chi connectivity index (χ0v) is 16.7. The molecule has 0 fully saturated rings. The number of nitrogens with zero attached hydrogens (tertiary/aromatic N) is 1. The number of hydrogen-bond acceptors (Lipinski definition) is 4. The molecule has 1 amide bonds. The van der Waals surface area contributed by atoms with Gasteiger partial charge in [0.25, 0.3) is 5.91 Å². The molecule has 0 spiro atoms. The van der Waals surface area contributed by atoms with Crippen molar-refractivity contribution in [2.45, 2.75) is 13.5 Å². The van der Waals surface area contributed by atoms with Crippen molar-refractivity contribution in [3.63, 3.8) is 0 Å². The Morgan fingerprint density at radius 2 is 1.97 bits per heavy atom. The maximum Gasteiger partial charge on any atom is 0.257 e. The fourth-order valence-electron chi connectivity index (χ4n) is 3.38. The molecule has 0 radical (unpaired) electrons. The van der Waals surface area contributed by atoms with E-state index in [9.17, 15) is 9.59 Å². The SMILES string of the molecule is COc1cccc(CNC(=O)c2c[nH]c3ncc(-c4ccccc4C)cc3c2=O)c1. The van der Waals surface area contributed by atoms with Crippen molar-refractivity contribution in [1.82, 2.24) is 15.3 Å². The Hall–Kier alpha value is -3.93. The number of aromatic nitrogens is 2. The maximum absolute atomic E-state index is 13.0. The number of aromatic amines is 1. The second-order valence-electron chi connectivity index (χ2n) is 7.00. The molecule has 2 aromatic heterocycles. The number of methoxy groups -OCH3 is 1. The lowest BCUT2D eigenvalue weighted by molar-refractivity contribution is 0.0949. The van der Waals surface area contributed by atoms with Gasteiger partial charge in [0.05, 0.1) is 12.5 Å². The summed E-state index contributed by atoms with van der Waals surface area (Å²) in [5, 5.41) is 3.17. The van der Waals surface area contributed by atoms with E-state index in [4.69, 9.17) is 4.74 Å². The molecule has 0 saturated carbocycles. The van der Waals surface area contributed by atoms with E-state index in [0.29, 0.717) is 16.8 Å². The fraction of sp³-hybridized carbons (Fsp3) is 0.125. The van der Waals surface area contributed by atoms with E-state index in [2.05, 4.69) is 15.3 Å². The summed E-state index contributed by atoms with van der Waals surface area (Å²) in [4.78, 5) is 33.0. The molecule has 4 aromatic rings. The van der Waals surface area contributed by atoms with Gasteiger partial charge in [-0.05, 0) is 41.8 Å². The van der Waals surface area contributed by atoms with Crippen molar-refractivity contribution in [3.05, 3.63) is 93.9 Å². The maximum atomic E-state index is 13.0. The Balaban J connectivity index is 1.64. The molecule has 0 aliphatic rings. The predicted molar refractivity (Wildman–Crippen MR) is 117 cm³/mol. The molecule has 0 atom stereocenters. The second-order valence-corrected chi connectivity index (χ2v) is 7.00. The van der Waals surface area contributed by atoms with Crippen molar-refractivity contribution >= 4 is 16.9 Å². The van der Waals surface area contributed by atoms with Crippen LogP contribution in [0.3, 0.4) is 0 Å². The fourth-order valence-corrected chi connectivity index (χ4v) is 3.38. The van der Waals surface area contributed by atoms with E-state index in [-0.39, 0.29) is 17.5 Å². The Morgan fingerprint density at radius 1 is 1.13 bits per heavy atom. The number of pyridine rings is 2. The molecule has 6 nitrogen and oxygen atoms in total. The number of rotatable bonds is 5. The highest BCUT2D eigenvalue weighted by Crippen LogP contribution is 2.24. The number of carbonyl (C=O) groups excluding carboxylic acids is 1. The van der Waals surface area contributed by atoms with Gasteiger partial charge in [0.15, 0.2) is 0 Å². The van der Waals surface area contributed by atoms with Gasteiger partial charge in [-0.25, -0.2) is 4.98 Å². The van der Waals surface area contributed by atoms with Crippen molar-refractivity contribution in [3.8, 4) is 16.9 Å². The summed E-state index contributed by atoms with van der Waals surface area (Å²) >= 11 is 0. The lowest BCUT2D eigenvalue weighted by atomic mass is 10.0. The number of amides is 1. The summed E-state index contributed by atoms with van der Waals surface area (Å²) in [6, 6.07) is 17.1. The van der Waals surface area contributed by atoms with E-state index >= 15 is 0 Å². The number of aryl methyl sites for hydroxylation is 1. The molecule has 2 N–H and O–H groups in total. The van der Waals surface area contributed by atoms with Crippen LogP contribution in [0.1, 0.15) is 21.5 Å². The lowest BCUT2D eigenvalue weighted by Gasteiger charge is -2.09. The van der Waals surface area contributed by atoms with Gasteiger partial charge in [-0.1, -0.05) is 36.4 Å². The highest BCUT2D eigenvalue weighted by atomic mass is 16.5. The number of benzene rings is 2. The first-order chi connectivity index (χ1) is 14.6. The van der Waals surface area contributed by atoms with Gasteiger partial charge in [-0.3, -0.25) is 9.59 Å². The average Bonchev–Trinajstić information content (AvgIpc) is 2.78. The molecule has 2 aromatic carbocycles. The van der Waals surface area contributed by atoms with Crippen LogP contribution in [0.2, 0.25) is 0 Å². The first-order valence-electron chi connectivity index (χ1n) is 9.55. The second kappa shape index (κ2) is 8.21. The molecule has 0 bridgehead atoms. The molecule has 4 rings (SSSR count). The summed E-state index contributed by atoms with van der Waals surface area (Å²) in [6.07, 6.45) is 3.13. The highest BCUT2D eigenvalue weighted by molar-refractivity contribution is 5.97. The van der Waals surface area contributed by atoms with Crippen LogP contribution in [-0.2, 0) is 6.54 Å². The van der Waals surface area contributed by atoms with Crippen LogP contribution >= 0.6 is 0 Å². The zero-order chi connectivity index (χ0) is 21.1. The monoisotopic (exact) mass is 399 g/mol. The molecule has 0 aliphatic carbocycles. The largest absolute Gasteiger partial charge is 0.497 e. The van der Waals surface area contributed by atoms with Gasteiger partial charge in [-0.2, -0.15) is 0 Å². The molecule has 6 heteroatoms. The van der Waals surface area contributed by atoms with Gasteiger partial charge in [0.1, 0.15) is 17.0 Å². The third kappa shape index (κ3) is 3.80. The first-order valence-corrected chi connectivity index (χ1v) is 9.55. The number of nitrogens with one attached hydrogen (secondary N) is 2. The lowest BCUT2D eigenvalue weighted by Crippen LogP contribution is -2.28. The Kier molecular flexibility index (Phi) is 5.30.